The highest BCUT2D eigenvalue weighted by atomic mass is 32.2. The van der Waals surface area contributed by atoms with Crippen molar-refractivity contribution in [2.24, 2.45) is 0 Å². The number of carbonyl (C=O) groups excluding carboxylic acids is 3. The monoisotopic (exact) mass is 852 g/mol. The molecule has 1 unspecified atom stereocenters. The van der Waals surface area contributed by atoms with Crippen LogP contribution in [0.2, 0.25) is 0 Å². The van der Waals surface area contributed by atoms with Crippen LogP contribution in [0.5, 0.6) is 28.7 Å². The van der Waals surface area contributed by atoms with Crippen molar-refractivity contribution in [3.05, 3.63) is 39.4 Å². The Hall–Kier alpha value is -3.72. The van der Waals surface area contributed by atoms with Crippen molar-refractivity contribution in [1.29, 1.82) is 0 Å². The summed E-state index contributed by atoms with van der Waals surface area (Å²) in [5.74, 6) is -0.0223. The molecule has 2 saturated heterocycles. The maximum Gasteiger partial charge on any atom is 0.348 e. The van der Waals surface area contributed by atoms with Gasteiger partial charge in [-0.3, -0.25) is 19.4 Å². The number of ether oxygens (including phenoxy) is 6. The molecule has 0 saturated carbocycles. The number of nitrogens with zero attached hydrogens (tertiary/aromatic N) is 2. The number of thioether (sulfide) groups is 1. The molecule has 2 aromatic rings. The first kappa shape index (κ1) is 44.3. The molecule has 6 aliphatic rings. The van der Waals surface area contributed by atoms with Crippen LogP contribution in [-0.2, 0) is 30.3 Å². The lowest BCUT2D eigenvalue weighted by molar-refractivity contribution is -0.188. The maximum atomic E-state index is 13.9. The maximum absolute atomic E-state index is 13.9. The van der Waals surface area contributed by atoms with Crippen LogP contribution in [-0.4, -0.2) is 95.6 Å². The van der Waals surface area contributed by atoms with Crippen molar-refractivity contribution in [3.8, 4) is 28.7 Å². The number of aromatic hydroxyl groups is 1. The lowest BCUT2D eigenvalue weighted by Crippen LogP contribution is -2.69. The molecule has 6 heterocycles. The predicted molar refractivity (Wildman–Crippen MR) is 227 cm³/mol. The van der Waals surface area contributed by atoms with E-state index < -0.39 is 53.6 Å². The molecule has 8 rings (SSSR count). The number of likely N-dealkylation sites (N-methyl/N-ethyl adjacent to an activating group) is 1. The molecule has 0 spiro atoms. The largest absolute Gasteiger partial charge is 0.504 e. The second-order valence-electron chi connectivity index (χ2n) is 17.2. The number of aryl methyl sites for hydroxylation is 1. The van der Waals surface area contributed by atoms with Gasteiger partial charge in [-0.25, -0.2) is 4.79 Å². The molecule has 0 aromatic heterocycles. The van der Waals surface area contributed by atoms with Crippen LogP contribution in [0.25, 0.3) is 0 Å². The first-order chi connectivity index (χ1) is 29.0. The summed E-state index contributed by atoms with van der Waals surface area (Å²) in [6.07, 6.45) is 13.9. The molecule has 0 radical (unpaired) electrons. The Labute approximate surface area is 358 Å². The number of fused-ring (bicyclic) bond motifs is 10. The van der Waals surface area contributed by atoms with Gasteiger partial charge in [-0.05, 0) is 44.9 Å². The van der Waals surface area contributed by atoms with Crippen molar-refractivity contribution in [3.63, 3.8) is 0 Å². The summed E-state index contributed by atoms with van der Waals surface area (Å²) in [6.45, 7) is 7.01. The lowest BCUT2D eigenvalue weighted by atomic mass is 9.73. The van der Waals surface area contributed by atoms with Crippen LogP contribution in [0, 0.1) is 13.8 Å². The summed E-state index contributed by atoms with van der Waals surface area (Å²) in [7, 11) is 3.48. The van der Waals surface area contributed by atoms with Gasteiger partial charge in [-0.15, -0.1) is 11.8 Å². The number of carbonyl (C=O) groups is 3. The number of aliphatic hydroxyl groups is 1. The number of phenols is 1. The molecule has 7 atom stereocenters. The van der Waals surface area contributed by atoms with E-state index in [1.165, 1.54) is 83.6 Å². The fourth-order valence-electron chi connectivity index (χ4n) is 10.3. The Morgan fingerprint density at radius 1 is 0.900 bits per heavy atom. The number of benzene rings is 2. The lowest BCUT2D eigenvalue weighted by Gasteiger charge is -2.62. The first-order valence-corrected chi connectivity index (χ1v) is 23.2. The fraction of sp³-hybridized carbons (Fsp3) is 0.674. The number of aliphatic hydroxyl groups excluding tert-OH is 1. The first-order valence-electron chi connectivity index (χ1n) is 22.2. The van der Waals surface area contributed by atoms with E-state index in [2.05, 4.69) is 11.8 Å². The Morgan fingerprint density at radius 3 is 2.20 bits per heavy atom. The standard InChI is InChI=1S/C46H64N2O11S/c1-7-8-9-10-11-12-13-14-15-16-17-18-19-20-33(50)59-32-24-60-44-36-35(43-42(56-25-57-43)27(3)41(36)58-28(4)49)31(23-55-46(32)53)48-38(44)37-34-29(22-30(45(48)52)47(37)5)21-26(2)40(54-6)39(34)51/h21,30-32,37-38,44-45,51-52H,7-20,22-25H2,1-6H3/t30-,31+,32+,37+,38?,44-,45+/m1/s1. The second-order valence-corrected chi connectivity index (χ2v) is 18.4. The van der Waals surface area contributed by atoms with Crippen molar-refractivity contribution in [2.45, 2.75) is 166 Å². The van der Waals surface area contributed by atoms with Gasteiger partial charge >= 0.3 is 17.9 Å². The molecule has 2 aromatic carbocycles. The van der Waals surface area contributed by atoms with Gasteiger partial charge in [-0.1, -0.05) is 90.0 Å². The molecular weight excluding hydrogens is 789 g/mol. The Bertz CT molecular complexity index is 1910. The summed E-state index contributed by atoms with van der Waals surface area (Å²) in [4.78, 5) is 44.1. The summed E-state index contributed by atoms with van der Waals surface area (Å²) in [6, 6.07) is -0.228. The van der Waals surface area contributed by atoms with Crippen LogP contribution in [0.1, 0.15) is 154 Å². The van der Waals surface area contributed by atoms with Gasteiger partial charge in [0.25, 0.3) is 0 Å². The Balaban J connectivity index is 1.14. The molecule has 13 nitrogen and oxygen atoms in total. The summed E-state index contributed by atoms with van der Waals surface area (Å²) >= 11 is 1.37. The molecule has 60 heavy (non-hydrogen) atoms. The average molecular weight is 853 g/mol. The SMILES string of the molecule is CCCCCCCCCCCCCCCC(=O)O[C@H]1CS[C@@H]2c3c(OC(C)=O)c(C)c4c(c3[C@H](COC1=O)N1C2[C@@H]2c3c(cc(C)c(OC)c3O)C[C@H]([C@@H]1O)N2C)OCO4. The van der Waals surface area contributed by atoms with E-state index in [0.29, 0.717) is 58.1 Å². The third kappa shape index (κ3) is 8.67. The number of unbranched alkanes of at least 4 members (excludes halogenated alkanes) is 12. The number of phenolic OH excluding ortho intramolecular Hbond substituents is 1. The Morgan fingerprint density at radius 2 is 1.55 bits per heavy atom. The Kier molecular flexibility index (Phi) is 14.4. The number of methoxy groups -OCH3 is 1. The molecule has 0 amide bonds. The van der Waals surface area contributed by atoms with Crippen molar-refractivity contribution in [1.82, 2.24) is 9.80 Å². The number of esters is 3. The average Bonchev–Trinajstić information content (AvgIpc) is 3.71. The van der Waals surface area contributed by atoms with Crippen LogP contribution < -0.4 is 18.9 Å². The fourth-order valence-corrected chi connectivity index (χ4v) is 11.8. The highest BCUT2D eigenvalue weighted by molar-refractivity contribution is 7.99. The highest BCUT2D eigenvalue weighted by Gasteiger charge is 2.60. The molecule has 2 N–H and O–H groups in total. The van der Waals surface area contributed by atoms with Crippen LogP contribution in [0.4, 0.5) is 0 Å². The third-order valence-corrected chi connectivity index (χ3v) is 14.6. The molecule has 14 heteroatoms. The van der Waals surface area contributed by atoms with Gasteiger partial charge < -0.3 is 38.6 Å². The number of piperazine rings is 1. The normalized spacial score (nSPS) is 25.5. The molecule has 6 aliphatic heterocycles. The van der Waals surface area contributed by atoms with E-state index >= 15 is 0 Å². The van der Waals surface area contributed by atoms with Gasteiger partial charge in [0.05, 0.1) is 30.5 Å². The zero-order valence-corrected chi connectivity index (χ0v) is 37.0. The van der Waals surface area contributed by atoms with E-state index in [9.17, 15) is 24.6 Å². The van der Waals surface area contributed by atoms with E-state index in [1.54, 1.807) is 0 Å². The predicted octanol–water partition coefficient (Wildman–Crippen LogP) is 8.05. The number of hydrogen-bond donors (Lipinski definition) is 2. The van der Waals surface area contributed by atoms with Crippen LogP contribution >= 0.6 is 11.8 Å². The second kappa shape index (κ2) is 19.5. The quantitative estimate of drug-likeness (QED) is 0.0896. The van der Waals surface area contributed by atoms with Crippen LogP contribution in [0.3, 0.4) is 0 Å². The van der Waals surface area contributed by atoms with E-state index in [0.717, 1.165) is 30.4 Å². The molecule has 2 fully saturated rings. The topological polar surface area (TPSA) is 154 Å². The third-order valence-electron chi connectivity index (χ3n) is 13.2. The highest BCUT2D eigenvalue weighted by Crippen LogP contribution is 2.64. The zero-order valence-electron chi connectivity index (χ0n) is 36.2. The smallest absolute Gasteiger partial charge is 0.348 e. The van der Waals surface area contributed by atoms with E-state index in [1.807, 2.05) is 31.9 Å². The van der Waals surface area contributed by atoms with Gasteiger partial charge in [0.1, 0.15) is 18.6 Å². The van der Waals surface area contributed by atoms with Gasteiger partial charge in [0.2, 0.25) is 12.9 Å². The molecular formula is C46H64N2O11S. The number of rotatable bonds is 17. The van der Waals surface area contributed by atoms with E-state index in [4.69, 9.17) is 28.4 Å². The summed E-state index contributed by atoms with van der Waals surface area (Å²) in [5.41, 5.74) is 4.22. The molecule has 4 bridgehead atoms. The minimum absolute atomic E-state index is 0.0291. The molecule has 0 aliphatic carbocycles. The minimum Gasteiger partial charge on any atom is -0.504 e. The van der Waals surface area contributed by atoms with Crippen LogP contribution in [0.15, 0.2) is 6.07 Å². The number of hydrogen-bond acceptors (Lipinski definition) is 14. The minimum atomic E-state index is -1.19. The summed E-state index contributed by atoms with van der Waals surface area (Å²) < 4.78 is 35.9. The van der Waals surface area contributed by atoms with Crippen molar-refractivity contribution >= 4 is 29.7 Å². The van der Waals surface area contributed by atoms with Gasteiger partial charge in [-0.2, -0.15) is 0 Å². The van der Waals surface area contributed by atoms with Gasteiger partial charge in [0.15, 0.2) is 23.0 Å². The van der Waals surface area contributed by atoms with E-state index in [-0.39, 0.29) is 37.4 Å². The molecule has 330 valence electrons. The van der Waals surface area contributed by atoms with Gasteiger partial charge in [0, 0.05) is 47.4 Å². The summed E-state index contributed by atoms with van der Waals surface area (Å²) in [5, 5.41) is 23.8. The zero-order chi connectivity index (χ0) is 42.7. The van der Waals surface area contributed by atoms with Crippen molar-refractivity contribution in [2.75, 3.05) is 33.3 Å². The van der Waals surface area contributed by atoms with Crippen molar-refractivity contribution < 1.29 is 53.0 Å².